The van der Waals surface area contributed by atoms with E-state index in [2.05, 4.69) is 42.3 Å². The number of hydrogen-bond acceptors (Lipinski definition) is 3. The number of aryl methyl sites for hydroxylation is 1. The van der Waals surface area contributed by atoms with Crippen LogP contribution in [0.2, 0.25) is 0 Å². The molecule has 6 nitrogen and oxygen atoms in total. The Morgan fingerprint density at radius 2 is 1.90 bits per heavy atom. The molecule has 0 fully saturated rings. The van der Waals surface area contributed by atoms with Gasteiger partial charge in [-0.2, -0.15) is 5.10 Å². The van der Waals surface area contributed by atoms with Crippen LogP contribution in [0.4, 0.5) is 4.39 Å². The average molecular weight is 530 g/mol. The highest BCUT2D eigenvalue weighted by Crippen LogP contribution is 2.19. The van der Waals surface area contributed by atoms with E-state index in [1.165, 1.54) is 11.6 Å². The highest BCUT2D eigenvalue weighted by molar-refractivity contribution is 14.0. The molecule has 0 aliphatic rings. The fraction of sp³-hybridized carbons (Fsp3) is 0.545. The molecule has 0 saturated carbocycles. The van der Waals surface area contributed by atoms with Gasteiger partial charge in [-0.3, -0.25) is 4.68 Å². The van der Waals surface area contributed by atoms with Crippen LogP contribution in [-0.4, -0.2) is 53.2 Å². The van der Waals surface area contributed by atoms with Crippen molar-refractivity contribution in [2.45, 2.75) is 46.3 Å². The Hall–Kier alpha value is -1.68. The number of nitrogens with zero attached hydrogens (tertiary/aromatic N) is 5. The van der Waals surface area contributed by atoms with Crippen LogP contribution in [0.3, 0.4) is 0 Å². The van der Waals surface area contributed by atoms with Crippen LogP contribution in [0.1, 0.15) is 49.1 Å². The molecule has 30 heavy (non-hydrogen) atoms. The second-order valence-corrected chi connectivity index (χ2v) is 8.06. The Morgan fingerprint density at radius 3 is 2.50 bits per heavy atom. The molecule has 1 heterocycles. The first-order valence-electron chi connectivity index (χ1n) is 10.1. The minimum absolute atomic E-state index is 0. The zero-order valence-corrected chi connectivity index (χ0v) is 21.6. The quantitative estimate of drug-likeness (QED) is 0.319. The van der Waals surface area contributed by atoms with Crippen LogP contribution in [0.5, 0.6) is 0 Å². The van der Waals surface area contributed by atoms with Gasteiger partial charge >= 0.3 is 0 Å². The monoisotopic (exact) mass is 530 g/mol. The molecular formula is C22H36FIN6. The summed E-state index contributed by atoms with van der Waals surface area (Å²) < 4.78 is 15.9. The van der Waals surface area contributed by atoms with Gasteiger partial charge in [-0.05, 0) is 44.6 Å². The Bertz CT molecular complexity index is 831. The molecule has 0 radical (unpaired) electrons. The van der Waals surface area contributed by atoms with Crippen LogP contribution in [0.15, 0.2) is 29.4 Å². The number of halogens is 2. The maximum atomic E-state index is 14.0. The van der Waals surface area contributed by atoms with E-state index in [0.29, 0.717) is 24.6 Å². The minimum atomic E-state index is -0.173. The normalized spacial score (nSPS) is 11.7. The fourth-order valence-electron chi connectivity index (χ4n) is 3.32. The van der Waals surface area contributed by atoms with Crippen molar-refractivity contribution in [3.63, 3.8) is 0 Å². The number of rotatable bonds is 8. The van der Waals surface area contributed by atoms with Gasteiger partial charge < -0.3 is 15.1 Å². The van der Waals surface area contributed by atoms with Gasteiger partial charge in [-0.1, -0.05) is 19.9 Å². The van der Waals surface area contributed by atoms with Gasteiger partial charge in [0.05, 0.1) is 12.2 Å². The lowest BCUT2D eigenvalue weighted by molar-refractivity contribution is 0.392. The predicted octanol–water partition coefficient (Wildman–Crippen LogP) is 3.96. The predicted molar refractivity (Wildman–Crippen MR) is 133 cm³/mol. The van der Waals surface area contributed by atoms with Gasteiger partial charge in [0.1, 0.15) is 5.82 Å². The molecule has 1 aromatic carbocycles. The summed E-state index contributed by atoms with van der Waals surface area (Å²) in [5, 5.41) is 7.95. The van der Waals surface area contributed by atoms with Crippen molar-refractivity contribution in [1.29, 1.82) is 0 Å². The van der Waals surface area contributed by atoms with Gasteiger partial charge in [0.25, 0.3) is 0 Å². The molecule has 1 aromatic heterocycles. The van der Waals surface area contributed by atoms with E-state index >= 15 is 0 Å². The molecule has 0 atom stereocenters. The molecule has 2 aromatic rings. The third kappa shape index (κ3) is 7.54. The molecule has 0 bridgehead atoms. The Kier molecular flexibility index (Phi) is 10.8. The Morgan fingerprint density at radius 1 is 1.20 bits per heavy atom. The van der Waals surface area contributed by atoms with Crippen LogP contribution < -0.4 is 5.32 Å². The lowest BCUT2D eigenvalue weighted by Gasteiger charge is -2.22. The summed E-state index contributed by atoms with van der Waals surface area (Å²) in [6.45, 7) is 8.95. The molecule has 0 spiro atoms. The summed E-state index contributed by atoms with van der Waals surface area (Å²) in [5.74, 6) is 1.02. The summed E-state index contributed by atoms with van der Waals surface area (Å²) in [7, 11) is 7.86. The van der Waals surface area contributed by atoms with Gasteiger partial charge in [0, 0.05) is 51.1 Å². The Balaban J connectivity index is 0.00000450. The van der Waals surface area contributed by atoms with Crippen LogP contribution in [-0.2, 0) is 26.7 Å². The number of hydrogen-bond donors (Lipinski definition) is 1. The molecule has 0 unspecified atom stereocenters. The molecule has 0 saturated heterocycles. The lowest BCUT2D eigenvalue weighted by atomic mass is 10.1. The van der Waals surface area contributed by atoms with Crippen LogP contribution >= 0.6 is 24.0 Å². The summed E-state index contributed by atoms with van der Waals surface area (Å²) in [4.78, 5) is 8.85. The molecule has 0 aliphatic carbocycles. The average Bonchev–Trinajstić information content (AvgIpc) is 3.01. The van der Waals surface area contributed by atoms with Crippen molar-refractivity contribution in [3.05, 3.63) is 52.6 Å². The van der Waals surface area contributed by atoms with E-state index in [1.807, 2.05) is 43.8 Å². The molecule has 8 heteroatoms. The van der Waals surface area contributed by atoms with Gasteiger partial charge in [0.15, 0.2) is 5.96 Å². The highest BCUT2D eigenvalue weighted by atomic mass is 127. The largest absolute Gasteiger partial charge is 0.357 e. The van der Waals surface area contributed by atoms with E-state index in [0.717, 1.165) is 30.3 Å². The van der Waals surface area contributed by atoms with Crippen LogP contribution in [0.25, 0.3) is 0 Å². The maximum absolute atomic E-state index is 14.0. The van der Waals surface area contributed by atoms with E-state index in [4.69, 9.17) is 4.99 Å². The number of nitrogens with one attached hydrogen (secondary N) is 1. The molecule has 1 N–H and O–H groups in total. The second-order valence-electron chi connectivity index (χ2n) is 8.06. The molecule has 168 valence electrons. The van der Waals surface area contributed by atoms with E-state index in [1.54, 1.807) is 6.07 Å². The third-order valence-corrected chi connectivity index (χ3v) is 4.60. The number of aromatic nitrogens is 2. The van der Waals surface area contributed by atoms with Crippen molar-refractivity contribution in [1.82, 2.24) is 24.9 Å². The summed E-state index contributed by atoms with van der Waals surface area (Å²) in [6.07, 6.45) is 2.07. The summed E-state index contributed by atoms with van der Waals surface area (Å²) in [5.41, 5.74) is 4.00. The first-order valence-corrected chi connectivity index (χ1v) is 10.1. The van der Waals surface area contributed by atoms with E-state index < -0.39 is 0 Å². The number of guanidine groups is 1. The maximum Gasteiger partial charge on any atom is 0.194 e. The Labute approximate surface area is 197 Å². The summed E-state index contributed by atoms with van der Waals surface area (Å²) in [6, 6.07) is 5.24. The van der Waals surface area contributed by atoms with Gasteiger partial charge in [0.2, 0.25) is 0 Å². The zero-order chi connectivity index (χ0) is 21.6. The van der Waals surface area contributed by atoms with E-state index in [9.17, 15) is 4.39 Å². The third-order valence-electron chi connectivity index (χ3n) is 4.60. The highest BCUT2D eigenvalue weighted by Gasteiger charge is 2.15. The lowest BCUT2D eigenvalue weighted by Crippen LogP contribution is -2.38. The van der Waals surface area contributed by atoms with Gasteiger partial charge in [-0.25, -0.2) is 9.38 Å². The molecule has 0 amide bonds. The molecule has 0 aliphatic heterocycles. The summed E-state index contributed by atoms with van der Waals surface area (Å²) >= 11 is 0. The van der Waals surface area contributed by atoms with Crippen molar-refractivity contribution in [2.75, 3.05) is 27.7 Å². The first-order chi connectivity index (χ1) is 13.7. The fourth-order valence-corrected chi connectivity index (χ4v) is 3.32. The topological polar surface area (TPSA) is 48.7 Å². The van der Waals surface area contributed by atoms with Crippen molar-refractivity contribution in [3.8, 4) is 0 Å². The zero-order valence-electron chi connectivity index (χ0n) is 19.2. The standard InChI is InChI=1S/C22H35FN6.HI/c1-8-24-22(28(6)14-19-15-29(7)26-21(19)16(2)3)25-12-17-9-10-20(23)18(11-17)13-27(4)5;/h9-11,15-16H,8,12-14H2,1-7H3,(H,24,25);1H. The van der Waals surface area contributed by atoms with Gasteiger partial charge in [-0.15, -0.1) is 24.0 Å². The molecular weight excluding hydrogens is 494 g/mol. The molecule has 2 rings (SSSR count). The van der Waals surface area contributed by atoms with Crippen molar-refractivity contribution < 1.29 is 4.39 Å². The minimum Gasteiger partial charge on any atom is -0.357 e. The smallest absolute Gasteiger partial charge is 0.194 e. The van der Waals surface area contributed by atoms with Crippen LogP contribution in [0, 0.1) is 5.82 Å². The second kappa shape index (κ2) is 12.2. The first kappa shape index (κ1) is 26.4. The SMILES string of the molecule is CCNC(=NCc1ccc(F)c(CN(C)C)c1)N(C)Cc1cn(C)nc1C(C)C.I. The van der Waals surface area contributed by atoms with Crippen molar-refractivity contribution >= 4 is 29.9 Å². The number of benzene rings is 1. The van der Waals surface area contributed by atoms with E-state index in [-0.39, 0.29) is 29.8 Å². The number of aliphatic imine (C=N–C) groups is 1. The van der Waals surface area contributed by atoms with Crippen molar-refractivity contribution in [2.24, 2.45) is 12.0 Å².